The Morgan fingerprint density at radius 3 is 2.50 bits per heavy atom. The third-order valence-corrected chi connectivity index (χ3v) is 5.81. The first-order valence-electron chi connectivity index (χ1n) is 8.74. The highest BCUT2D eigenvalue weighted by molar-refractivity contribution is 5.96. The summed E-state index contributed by atoms with van der Waals surface area (Å²) in [6.07, 6.45) is 5.84. The number of aryl methyl sites for hydroxylation is 1. The Bertz CT molecular complexity index is 549. The minimum Gasteiger partial charge on any atom is -0.349 e. The summed E-state index contributed by atoms with van der Waals surface area (Å²) in [4.78, 5) is 12.8. The minimum atomic E-state index is 0.102. The van der Waals surface area contributed by atoms with Gasteiger partial charge in [-0.15, -0.1) is 0 Å². The van der Waals surface area contributed by atoms with E-state index in [1.807, 2.05) is 13.0 Å². The van der Waals surface area contributed by atoms with Crippen LogP contribution >= 0.6 is 0 Å². The molecule has 22 heavy (non-hydrogen) atoms. The Labute approximate surface area is 133 Å². The van der Waals surface area contributed by atoms with E-state index in [4.69, 9.17) is 5.73 Å². The summed E-state index contributed by atoms with van der Waals surface area (Å²) < 4.78 is 2.20. The molecule has 4 nitrogen and oxygen atoms in total. The van der Waals surface area contributed by atoms with Gasteiger partial charge in [0.05, 0.1) is 5.56 Å². The molecule has 0 radical (unpaired) electrons. The van der Waals surface area contributed by atoms with Crippen molar-refractivity contribution in [2.75, 3.05) is 0 Å². The van der Waals surface area contributed by atoms with Gasteiger partial charge < -0.3 is 15.6 Å². The van der Waals surface area contributed by atoms with E-state index in [9.17, 15) is 4.79 Å². The summed E-state index contributed by atoms with van der Waals surface area (Å²) in [5.41, 5.74) is 9.26. The summed E-state index contributed by atoms with van der Waals surface area (Å²) in [7, 11) is 0. The average Bonchev–Trinajstić information content (AvgIpc) is 2.74. The monoisotopic (exact) mass is 303 g/mol. The van der Waals surface area contributed by atoms with E-state index >= 15 is 0 Å². The molecule has 4 heteroatoms. The second kappa shape index (κ2) is 6.07. The molecule has 1 heterocycles. The second-order valence-electron chi connectivity index (χ2n) is 7.21. The lowest BCUT2D eigenvalue weighted by atomic mass is 9.67. The van der Waals surface area contributed by atoms with Gasteiger partial charge >= 0.3 is 0 Å². The van der Waals surface area contributed by atoms with Crippen LogP contribution in [0.4, 0.5) is 0 Å². The normalized spacial score (nSPS) is 31.1. The average molecular weight is 303 g/mol. The molecule has 2 fully saturated rings. The summed E-state index contributed by atoms with van der Waals surface area (Å²) in [6, 6.07) is 2.68. The number of hydrogen-bond acceptors (Lipinski definition) is 2. The SMILES string of the molecule is CCn1c(C)cc(C(=O)NC2C3CCCC2CC(N)C3)c1C. The molecule has 2 unspecified atom stereocenters. The molecule has 1 amide bonds. The van der Waals surface area contributed by atoms with Crippen LogP contribution in [-0.4, -0.2) is 22.6 Å². The predicted molar refractivity (Wildman–Crippen MR) is 88.9 cm³/mol. The maximum Gasteiger partial charge on any atom is 0.253 e. The van der Waals surface area contributed by atoms with Crippen LogP contribution in [0.25, 0.3) is 0 Å². The molecule has 3 rings (SSSR count). The molecule has 0 aliphatic heterocycles. The zero-order valence-electron chi connectivity index (χ0n) is 14.1. The highest BCUT2D eigenvalue weighted by Crippen LogP contribution is 2.39. The molecular weight excluding hydrogens is 274 g/mol. The Morgan fingerprint density at radius 2 is 1.95 bits per heavy atom. The lowest BCUT2D eigenvalue weighted by Crippen LogP contribution is -2.53. The number of carbonyl (C=O) groups is 1. The molecule has 2 saturated carbocycles. The third kappa shape index (κ3) is 2.69. The maximum absolute atomic E-state index is 12.8. The van der Waals surface area contributed by atoms with Gasteiger partial charge in [-0.1, -0.05) is 6.42 Å². The van der Waals surface area contributed by atoms with E-state index in [0.29, 0.717) is 23.9 Å². The highest BCUT2D eigenvalue weighted by Gasteiger charge is 2.40. The van der Waals surface area contributed by atoms with Crippen molar-refractivity contribution < 1.29 is 4.79 Å². The fourth-order valence-corrected chi connectivity index (χ4v) is 4.77. The number of carbonyl (C=O) groups excluding carboxylic acids is 1. The topological polar surface area (TPSA) is 60.0 Å². The molecule has 2 aliphatic carbocycles. The Kier molecular flexibility index (Phi) is 4.31. The standard InChI is InChI=1S/C18H29N3O/c1-4-21-11(2)8-16(12(21)3)18(22)20-17-13-6-5-7-14(17)10-15(19)9-13/h8,13-15,17H,4-7,9-10,19H2,1-3H3,(H,20,22). The van der Waals surface area contributed by atoms with Crippen LogP contribution in [0.1, 0.15) is 60.8 Å². The third-order valence-electron chi connectivity index (χ3n) is 5.81. The first-order valence-corrected chi connectivity index (χ1v) is 8.74. The van der Waals surface area contributed by atoms with Crippen molar-refractivity contribution in [2.24, 2.45) is 17.6 Å². The lowest BCUT2D eigenvalue weighted by Gasteiger charge is -2.45. The van der Waals surface area contributed by atoms with Gasteiger partial charge in [0.2, 0.25) is 0 Å². The van der Waals surface area contributed by atoms with E-state index in [1.54, 1.807) is 0 Å². The van der Waals surface area contributed by atoms with Crippen molar-refractivity contribution >= 4 is 5.91 Å². The Balaban J connectivity index is 1.77. The molecular formula is C18H29N3O. The zero-order chi connectivity index (χ0) is 15.9. The van der Waals surface area contributed by atoms with Crippen molar-refractivity contribution in [1.82, 2.24) is 9.88 Å². The molecule has 0 saturated heterocycles. The number of nitrogens with one attached hydrogen (secondary N) is 1. The van der Waals surface area contributed by atoms with Crippen LogP contribution in [0.2, 0.25) is 0 Å². The molecule has 2 atom stereocenters. The molecule has 2 aliphatic rings. The quantitative estimate of drug-likeness (QED) is 0.902. The van der Waals surface area contributed by atoms with Gasteiger partial charge in [0, 0.05) is 30.0 Å². The largest absolute Gasteiger partial charge is 0.349 e. The number of aromatic nitrogens is 1. The summed E-state index contributed by atoms with van der Waals surface area (Å²) in [5, 5.41) is 3.36. The second-order valence-corrected chi connectivity index (χ2v) is 7.21. The number of hydrogen-bond donors (Lipinski definition) is 2. The molecule has 122 valence electrons. The molecule has 2 bridgehead atoms. The summed E-state index contributed by atoms with van der Waals surface area (Å²) >= 11 is 0. The van der Waals surface area contributed by atoms with Crippen molar-refractivity contribution in [3.63, 3.8) is 0 Å². The van der Waals surface area contributed by atoms with Gasteiger partial charge in [-0.3, -0.25) is 4.79 Å². The smallest absolute Gasteiger partial charge is 0.253 e. The first-order chi connectivity index (χ1) is 10.5. The fourth-order valence-electron chi connectivity index (χ4n) is 4.77. The van der Waals surface area contributed by atoms with E-state index < -0.39 is 0 Å². The van der Waals surface area contributed by atoms with Crippen molar-refractivity contribution in [1.29, 1.82) is 0 Å². The van der Waals surface area contributed by atoms with Crippen LogP contribution in [-0.2, 0) is 6.54 Å². The molecule has 1 aromatic rings. The predicted octanol–water partition coefficient (Wildman–Crippen LogP) is 2.76. The van der Waals surface area contributed by atoms with Crippen LogP contribution in [0.3, 0.4) is 0 Å². The molecule has 3 N–H and O–H groups in total. The van der Waals surface area contributed by atoms with Crippen molar-refractivity contribution in [3.8, 4) is 0 Å². The number of amides is 1. The van der Waals surface area contributed by atoms with Crippen LogP contribution in [0.15, 0.2) is 6.07 Å². The molecule has 0 spiro atoms. The van der Waals surface area contributed by atoms with Crippen molar-refractivity contribution in [3.05, 3.63) is 23.0 Å². The fraction of sp³-hybridized carbons (Fsp3) is 0.722. The Hall–Kier alpha value is -1.29. The highest BCUT2D eigenvalue weighted by atomic mass is 16.1. The summed E-state index contributed by atoms with van der Waals surface area (Å²) in [6.45, 7) is 7.15. The maximum atomic E-state index is 12.8. The number of fused-ring (bicyclic) bond motifs is 2. The zero-order valence-corrected chi connectivity index (χ0v) is 14.1. The van der Waals surface area contributed by atoms with Gasteiger partial charge in [0.15, 0.2) is 0 Å². The summed E-state index contributed by atoms with van der Waals surface area (Å²) in [5.74, 6) is 1.24. The number of nitrogens with zero attached hydrogens (tertiary/aromatic N) is 1. The first kappa shape index (κ1) is 15.6. The molecule has 1 aromatic heterocycles. The minimum absolute atomic E-state index is 0.102. The lowest BCUT2D eigenvalue weighted by molar-refractivity contribution is 0.0755. The van der Waals surface area contributed by atoms with Gasteiger partial charge in [-0.2, -0.15) is 0 Å². The number of nitrogens with two attached hydrogens (primary N) is 1. The van der Waals surface area contributed by atoms with E-state index in [-0.39, 0.29) is 5.91 Å². The van der Waals surface area contributed by atoms with Gasteiger partial charge in [0.25, 0.3) is 5.91 Å². The number of rotatable bonds is 3. The van der Waals surface area contributed by atoms with Gasteiger partial charge in [-0.25, -0.2) is 0 Å². The molecule has 0 aromatic carbocycles. The van der Waals surface area contributed by atoms with Crippen LogP contribution in [0.5, 0.6) is 0 Å². The van der Waals surface area contributed by atoms with Gasteiger partial charge in [-0.05, 0) is 64.4 Å². The van der Waals surface area contributed by atoms with Crippen LogP contribution < -0.4 is 11.1 Å². The Morgan fingerprint density at radius 1 is 1.32 bits per heavy atom. The van der Waals surface area contributed by atoms with E-state index in [0.717, 1.165) is 36.3 Å². The van der Waals surface area contributed by atoms with E-state index in [2.05, 4.69) is 23.7 Å². The van der Waals surface area contributed by atoms with Crippen LogP contribution in [0, 0.1) is 25.7 Å². The van der Waals surface area contributed by atoms with Gasteiger partial charge in [0.1, 0.15) is 0 Å². The van der Waals surface area contributed by atoms with E-state index in [1.165, 1.54) is 19.3 Å². The van der Waals surface area contributed by atoms with Crippen molar-refractivity contribution in [2.45, 2.75) is 71.5 Å².